The van der Waals surface area contributed by atoms with Gasteiger partial charge in [0.15, 0.2) is 5.75 Å². The third-order valence-electron chi connectivity index (χ3n) is 4.49. The summed E-state index contributed by atoms with van der Waals surface area (Å²) in [6.45, 7) is 0. The van der Waals surface area contributed by atoms with E-state index >= 15 is 0 Å². The largest absolute Gasteiger partial charge is 0.505 e. The van der Waals surface area contributed by atoms with E-state index in [1.165, 1.54) is 37.4 Å². The number of benzene rings is 2. The normalized spacial score (nSPS) is 13.7. The number of carbonyl (C=O) groups excluding carboxylic acids is 2. The minimum atomic E-state index is -3.50. The molecule has 1 aliphatic rings. The van der Waals surface area contributed by atoms with Crippen molar-refractivity contribution >= 4 is 27.6 Å². The van der Waals surface area contributed by atoms with Gasteiger partial charge in [-0.25, -0.2) is 17.9 Å². The van der Waals surface area contributed by atoms with E-state index in [1.54, 1.807) is 12.1 Å². The summed E-state index contributed by atoms with van der Waals surface area (Å²) in [6.07, 6.45) is 2.24. The van der Waals surface area contributed by atoms with Crippen molar-refractivity contribution in [2.75, 3.05) is 12.4 Å². The number of ether oxygens (including phenoxy) is 1. The quantitative estimate of drug-likeness (QED) is 0.446. The van der Waals surface area contributed by atoms with Gasteiger partial charge in [0.05, 0.1) is 17.7 Å². The van der Waals surface area contributed by atoms with E-state index in [4.69, 9.17) is 0 Å². The molecule has 0 heterocycles. The zero-order valence-electron chi connectivity index (χ0n) is 15.8. The number of amides is 1. The molecule has 29 heavy (non-hydrogen) atoms. The molecule has 0 spiro atoms. The van der Waals surface area contributed by atoms with Crippen LogP contribution in [0, 0.1) is 0 Å². The van der Waals surface area contributed by atoms with E-state index < -0.39 is 16.0 Å². The van der Waals surface area contributed by atoms with Gasteiger partial charge in [0.25, 0.3) is 0 Å². The van der Waals surface area contributed by atoms with Crippen LogP contribution in [0.3, 0.4) is 0 Å². The van der Waals surface area contributed by atoms with Crippen molar-refractivity contribution in [3.63, 3.8) is 0 Å². The Morgan fingerprint density at radius 2 is 1.83 bits per heavy atom. The van der Waals surface area contributed by atoms with Crippen LogP contribution >= 0.6 is 0 Å². The first-order chi connectivity index (χ1) is 13.8. The van der Waals surface area contributed by atoms with E-state index in [-0.39, 0.29) is 40.3 Å². The number of methoxy groups -OCH3 is 1. The van der Waals surface area contributed by atoms with Gasteiger partial charge in [0.1, 0.15) is 5.56 Å². The fourth-order valence-corrected chi connectivity index (χ4v) is 4.02. The number of phenolic OH excluding ortho intramolecular Hbond substituents is 1. The first-order valence-electron chi connectivity index (χ1n) is 9.11. The molecule has 2 aromatic carbocycles. The highest BCUT2D eigenvalue weighted by Gasteiger charge is 2.27. The Labute approximate surface area is 168 Å². The van der Waals surface area contributed by atoms with Crippen molar-refractivity contribution < 1.29 is 27.9 Å². The molecule has 0 aromatic heterocycles. The molecule has 0 saturated heterocycles. The first-order valence-corrected chi connectivity index (χ1v) is 10.6. The number of aromatic hydroxyl groups is 1. The van der Waals surface area contributed by atoms with Gasteiger partial charge < -0.3 is 15.2 Å². The van der Waals surface area contributed by atoms with Crippen molar-refractivity contribution in [1.29, 1.82) is 0 Å². The summed E-state index contributed by atoms with van der Waals surface area (Å²) in [5, 5.41) is 12.7. The number of rotatable bonds is 8. The highest BCUT2D eigenvalue weighted by atomic mass is 32.2. The number of phenols is 1. The first kappa shape index (κ1) is 20.8. The lowest BCUT2D eigenvalue weighted by Gasteiger charge is -2.10. The summed E-state index contributed by atoms with van der Waals surface area (Å²) in [5.41, 5.74) is 0.880. The van der Waals surface area contributed by atoms with Crippen LogP contribution in [-0.2, 0) is 26.0 Å². The highest BCUT2D eigenvalue weighted by molar-refractivity contribution is 7.89. The predicted molar refractivity (Wildman–Crippen MR) is 106 cm³/mol. The molecule has 1 aliphatic carbocycles. The van der Waals surface area contributed by atoms with Gasteiger partial charge in [-0.2, -0.15) is 0 Å². The van der Waals surface area contributed by atoms with Crippen molar-refractivity contribution in [2.45, 2.75) is 36.6 Å². The Hall–Kier alpha value is -2.91. The van der Waals surface area contributed by atoms with E-state index in [2.05, 4.69) is 14.8 Å². The molecule has 9 heteroatoms. The SMILES string of the molecule is COC(=O)c1cccc(NC(=O)CCc2ccc(S(=O)(=O)NC3CC3)cc2)c1O. The molecule has 0 radical (unpaired) electrons. The number of aryl methyl sites for hydroxylation is 1. The second-order valence-corrected chi connectivity index (χ2v) is 8.49. The van der Waals surface area contributed by atoms with Gasteiger partial charge in [0.2, 0.25) is 15.9 Å². The standard InChI is InChI=1S/C20H22N2O6S/c1-28-20(25)16-3-2-4-17(19(16)24)21-18(23)12-7-13-5-10-15(11-6-13)29(26,27)22-14-8-9-14/h2-6,10-11,14,22,24H,7-9,12H2,1H3,(H,21,23). The number of esters is 1. The Kier molecular flexibility index (Phi) is 6.19. The molecule has 2 aromatic rings. The van der Waals surface area contributed by atoms with Crippen LogP contribution in [0.1, 0.15) is 35.2 Å². The predicted octanol–water partition coefficient (Wildman–Crippen LogP) is 2.19. The van der Waals surface area contributed by atoms with E-state index in [0.717, 1.165) is 18.4 Å². The van der Waals surface area contributed by atoms with Crippen molar-refractivity contribution in [3.05, 3.63) is 53.6 Å². The topological polar surface area (TPSA) is 122 Å². The highest BCUT2D eigenvalue weighted by Crippen LogP contribution is 2.28. The molecule has 1 amide bonds. The third-order valence-corrected chi connectivity index (χ3v) is 6.03. The number of para-hydroxylation sites is 1. The van der Waals surface area contributed by atoms with Crippen molar-refractivity contribution in [2.24, 2.45) is 0 Å². The van der Waals surface area contributed by atoms with Crippen LogP contribution in [0.25, 0.3) is 0 Å². The van der Waals surface area contributed by atoms with Crippen molar-refractivity contribution in [1.82, 2.24) is 4.72 Å². The van der Waals surface area contributed by atoms with Gasteiger partial charge in [0, 0.05) is 12.5 Å². The molecule has 0 bridgehead atoms. The number of sulfonamides is 1. The second-order valence-electron chi connectivity index (χ2n) is 6.78. The number of carbonyl (C=O) groups is 2. The van der Waals surface area contributed by atoms with Crippen LogP contribution in [0.5, 0.6) is 5.75 Å². The zero-order valence-corrected chi connectivity index (χ0v) is 16.7. The molecule has 3 rings (SSSR count). The zero-order chi connectivity index (χ0) is 21.0. The average molecular weight is 418 g/mol. The fraction of sp³-hybridized carbons (Fsp3) is 0.300. The Balaban J connectivity index is 1.58. The van der Waals surface area contributed by atoms with E-state index in [9.17, 15) is 23.1 Å². The molecule has 1 fully saturated rings. The van der Waals surface area contributed by atoms with Gasteiger partial charge in [-0.3, -0.25) is 4.79 Å². The lowest BCUT2D eigenvalue weighted by atomic mass is 10.1. The lowest BCUT2D eigenvalue weighted by Crippen LogP contribution is -2.25. The lowest BCUT2D eigenvalue weighted by molar-refractivity contribution is -0.116. The number of nitrogens with one attached hydrogen (secondary N) is 2. The monoisotopic (exact) mass is 418 g/mol. The smallest absolute Gasteiger partial charge is 0.341 e. The number of hydrogen-bond acceptors (Lipinski definition) is 6. The number of hydrogen-bond donors (Lipinski definition) is 3. The summed E-state index contributed by atoms with van der Waals surface area (Å²) in [4.78, 5) is 24.0. The molecule has 8 nitrogen and oxygen atoms in total. The summed E-state index contributed by atoms with van der Waals surface area (Å²) in [5.74, 6) is -1.41. The van der Waals surface area contributed by atoms with Crippen molar-refractivity contribution in [3.8, 4) is 5.75 Å². The molecule has 1 saturated carbocycles. The summed E-state index contributed by atoms with van der Waals surface area (Å²) in [7, 11) is -2.30. The van der Waals surface area contributed by atoms with Crippen LogP contribution < -0.4 is 10.0 Å². The fourth-order valence-electron chi connectivity index (χ4n) is 2.71. The van der Waals surface area contributed by atoms with Crippen LogP contribution in [0.4, 0.5) is 5.69 Å². The summed E-state index contributed by atoms with van der Waals surface area (Å²) >= 11 is 0. The summed E-state index contributed by atoms with van der Waals surface area (Å²) < 4.78 is 31.5. The van der Waals surface area contributed by atoms with Crippen LogP contribution in [0.15, 0.2) is 47.4 Å². The van der Waals surface area contributed by atoms with Gasteiger partial charge >= 0.3 is 5.97 Å². The van der Waals surface area contributed by atoms with Gasteiger partial charge in [-0.05, 0) is 49.1 Å². The third kappa shape index (κ3) is 5.33. The summed E-state index contributed by atoms with van der Waals surface area (Å²) in [6, 6.07) is 10.8. The maximum absolute atomic E-state index is 12.2. The Bertz CT molecular complexity index is 1010. The molecule has 0 atom stereocenters. The Morgan fingerprint density at radius 3 is 2.45 bits per heavy atom. The van der Waals surface area contributed by atoms with E-state index in [0.29, 0.717) is 6.42 Å². The van der Waals surface area contributed by atoms with Crippen LogP contribution in [0.2, 0.25) is 0 Å². The molecule has 3 N–H and O–H groups in total. The molecule has 154 valence electrons. The maximum Gasteiger partial charge on any atom is 0.341 e. The van der Waals surface area contributed by atoms with Gasteiger partial charge in [-0.15, -0.1) is 0 Å². The van der Waals surface area contributed by atoms with Gasteiger partial charge in [-0.1, -0.05) is 18.2 Å². The minimum absolute atomic E-state index is 0.0393. The average Bonchev–Trinajstić information content (AvgIpc) is 3.51. The number of anilines is 1. The maximum atomic E-state index is 12.2. The second kappa shape index (κ2) is 8.62. The van der Waals surface area contributed by atoms with Crippen LogP contribution in [-0.4, -0.2) is 38.6 Å². The molecular weight excluding hydrogens is 396 g/mol. The molecule has 0 unspecified atom stereocenters. The Morgan fingerprint density at radius 1 is 1.14 bits per heavy atom. The minimum Gasteiger partial charge on any atom is -0.505 e. The molecular formula is C20H22N2O6S. The molecule has 0 aliphatic heterocycles. The van der Waals surface area contributed by atoms with E-state index in [1.807, 2.05) is 0 Å².